The van der Waals surface area contributed by atoms with Crippen molar-refractivity contribution in [3.05, 3.63) is 71.6 Å². The van der Waals surface area contributed by atoms with Crippen LogP contribution in [0.3, 0.4) is 0 Å². The summed E-state index contributed by atoms with van der Waals surface area (Å²) in [4.78, 5) is 28.4. The lowest BCUT2D eigenvalue weighted by Gasteiger charge is -2.41. The molecule has 13 heteroatoms. The minimum absolute atomic E-state index is 0.00989. The molecule has 43 heavy (non-hydrogen) atoms. The molecule has 4 aromatic rings. The fourth-order valence-corrected chi connectivity index (χ4v) is 6.75. The highest BCUT2D eigenvalue weighted by Gasteiger charge is 2.47. The van der Waals surface area contributed by atoms with Crippen LogP contribution in [-0.4, -0.2) is 66.1 Å². The average molecular weight is 612 g/mol. The third-order valence-electron chi connectivity index (χ3n) is 8.10. The number of carbonyl (C=O) groups is 1. The molecule has 7 rings (SSSR count). The molecule has 224 valence electrons. The van der Waals surface area contributed by atoms with Crippen LogP contribution in [0, 0.1) is 0 Å². The molecule has 2 bridgehead atoms. The second-order valence-corrected chi connectivity index (χ2v) is 13.9. The van der Waals surface area contributed by atoms with Crippen molar-refractivity contribution in [2.24, 2.45) is 0 Å². The number of aromatic nitrogens is 4. The fourth-order valence-electron chi connectivity index (χ4n) is 5.88. The van der Waals surface area contributed by atoms with Crippen molar-refractivity contribution in [2.45, 2.75) is 56.2 Å². The van der Waals surface area contributed by atoms with Crippen molar-refractivity contribution >= 4 is 27.9 Å². The number of amides is 1. The maximum absolute atomic E-state index is 13.6. The lowest BCUT2D eigenvalue weighted by molar-refractivity contribution is -0.0704. The average Bonchev–Trinajstić information content (AvgIpc) is 3.46. The number of hydrogen-bond donors (Lipinski definition) is 1. The summed E-state index contributed by atoms with van der Waals surface area (Å²) >= 11 is 0. The van der Waals surface area contributed by atoms with Gasteiger partial charge in [-0.25, -0.2) is 23.9 Å². The van der Waals surface area contributed by atoms with Gasteiger partial charge in [-0.3, -0.25) is 4.79 Å². The number of rotatable bonds is 6. The van der Waals surface area contributed by atoms with E-state index < -0.39 is 52.8 Å². The van der Waals surface area contributed by atoms with Crippen LogP contribution >= 0.6 is 0 Å². The highest BCUT2D eigenvalue weighted by Crippen LogP contribution is 2.50. The number of nitrogens with one attached hydrogen (secondary N) is 1. The number of nitrogens with zero attached hydrogens (tertiary/aromatic N) is 5. The molecule has 1 N–H and O–H groups in total. The summed E-state index contributed by atoms with van der Waals surface area (Å²) in [5.41, 5.74) is 1.96. The van der Waals surface area contributed by atoms with Crippen LogP contribution < -0.4 is 9.46 Å². The van der Waals surface area contributed by atoms with Crippen LogP contribution in [0.1, 0.15) is 71.0 Å². The Kier molecular flexibility index (Phi) is 5.64. The minimum Gasteiger partial charge on any atom is -0.434 e. The number of fused-ring (bicyclic) bond motifs is 9. The summed E-state index contributed by atoms with van der Waals surface area (Å²) in [6, 6.07) is 8.01. The Morgan fingerprint density at radius 3 is 2.58 bits per heavy atom. The van der Waals surface area contributed by atoms with Gasteiger partial charge in [0.1, 0.15) is 17.1 Å². The number of hydrogen-bond acceptors (Lipinski definition) is 7. The second-order valence-electron chi connectivity index (χ2n) is 11.9. The molecule has 0 saturated carbocycles. The number of halogens is 2. The Morgan fingerprint density at radius 2 is 1.93 bits per heavy atom. The van der Waals surface area contributed by atoms with Crippen molar-refractivity contribution in [1.29, 1.82) is 0 Å². The fraction of sp³-hybridized carbons (Fsp3) is 0.400. The molecule has 1 saturated heterocycles. The van der Waals surface area contributed by atoms with Crippen molar-refractivity contribution < 1.29 is 31.4 Å². The van der Waals surface area contributed by atoms with E-state index in [9.17, 15) is 17.8 Å². The molecular formula is C30H30F2N6O4S. The maximum Gasteiger partial charge on any atom is 0.387 e. The van der Waals surface area contributed by atoms with Crippen LogP contribution in [0.4, 0.5) is 8.78 Å². The minimum atomic E-state index is -3.15. The monoisotopic (exact) mass is 611 g/mol. The Labute approximate surface area is 253 Å². The summed E-state index contributed by atoms with van der Waals surface area (Å²) < 4.78 is 79.2. The van der Waals surface area contributed by atoms with Gasteiger partial charge in [-0.05, 0) is 50.6 Å². The molecule has 1 unspecified atom stereocenters. The summed E-state index contributed by atoms with van der Waals surface area (Å²) in [7, 11) is -1.37. The zero-order chi connectivity index (χ0) is 32.8. The first-order valence-electron chi connectivity index (χ1n) is 15.2. The van der Waals surface area contributed by atoms with Crippen LogP contribution in [0.2, 0.25) is 0 Å². The normalized spacial score (nSPS) is 22.7. The molecule has 5 heterocycles. The molecule has 3 atom stereocenters. The summed E-state index contributed by atoms with van der Waals surface area (Å²) in [6.45, 7) is 0.200. The molecule has 0 radical (unpaired) electrons. The van der Waals surface area contributed by atoms with Gasteiger partial charge >= 0.3 is 6.61 Å². The van der Waals surface area contributed by atoms with E-state index in [1.54, 1.807) is 18.5 Å². The van der Waals surface area contributed by atoms with E-state index in [-0.39, 0.29) is 36.5 Å². The number of benzene rings is 2. The first-order valence-corrected chi connectivity index (χ1v) is 14.9. The molecule has 1 fully saturated rings. The van der Waals surface area contributed by atoms with Gasteiger partial charge < -0.3 is 18.9 Å². The van der Waals surface area contributed by atoms with Gasteiger partial charge in [0, 0.05) is 46.6 Å². The van der Waals surface area contributed by atoms with E-state index in [0.29, 0.717) is 28.2 Å². The van der Waals surface area contributed by atoms with Gasteiger partial charge in [0.15, 0.2) is 5.82 Å². The number of imidazole rings is 1. The van der Waals surface area contributed by atoms with E-state index in [1.807, 2.05) is 37.5 Å². The summed E-state index contributed by atoms with van der Waals surface area (Å²) in [5, 5.41) is 0. The molecule has 10 nitrogen and oxygen atoms in total. The molecule has 2 aromatic heterocycles. The van der Waals surface area contributed by atoms with E-state index in [1.165, 1.54) is 18.2 Å². The molecule has 0 spiro atoms. The predicted octanol–water partition coefficient (Wildman–Crippen LogP) is 4.49. The Bertz CT molecular complexity index is 1890. The lowest BCUT2D eigenvalue weighted by atomic mass is 9.97. The smallest absolute Gasteiger partial charge is 0.387 e. The third kappa shape index (κ3) is 4.44. The maximum atomic E-state index is 13.6. The van der Waals surface area contributed by atoms with Crippen molar-refractivity contribution in [3.8, 4) is 16.9 Å². The molecule has 3 aliphatic rings. The van der Waals surface area contributed by atoms with Gasteiger partial charge in [-0.15, -0.1) is 0 Å². The molecule has 1 amide bonds. The number of ether oxygens (including phenoxy) is 2. The number of carbonyl (C=O) groups excluding carboxylic acids is 1. The predicted molar refractivity (Wildman–Crippen MR) is 155 cm³/mol. The topological polar surface area (TPSA) is 111 Å². The summed E-state index contributed by atoms with van der Waals surface area (Å²) in [6.07, 6.45) is 3.44. The van der Waals surface area contributed by atoms with E-state index in [0.717, 1.165) is 10.5 Å². The third-order valence-corrected chi connectivity index (χ3v) is 9.79. The van der Waals surface area contributed by atoms with Gasteiger partial charge in [-0.2, -0.15) is 8.78 Å². The van der Waals surface area contributed by atoms with Gasteiger partial charge in [0.25, 0.3) is 5.91 Å². The van der Waals surface area contributed by atoms with Crippen LogP contribution in [0.5, 0.6) is 5.75 Å². The quantitative estimate of drug-likeness (QED) is 0.342. The lowest BCUT2D eigenvalue weighted by Crippen LogP contribution is -2.60. The summed E-state index contributed by atoms with van der Waals surface area (Å²) in [5.74, 6) is -0.194. The van der Waals surface area contributed by atoms with Crippen LogP contribution in [-0.2, 0) is 21.3 Å². The largest absolute Gasteiger partial charge is 0.434 e. The zero-order valence-corrected chi connectivity index (χ0v) is 24.3. The van der Waals surface area contributed by atoms with Gasteiger partial charge in [0.05, 0.1) is 52.1 Å². The highest BCUT2D eigenvalue weighted by molar-refractivity contribution is 7.84. The number of alkyl halides is 2. The van der Waals surface area contributed by atoms with E-state index in [2.05, 4.69) is 14.7 Å². The van der Waals surface area contributed by atoms with Crippen molar-refractivity contribution in [3.63, 3.8) is 0 Å². The van der Waals surface area contributed by atoms with E-state index in [4.69, 9.17) is 18.6 Å². The van der Waals surface area contributed by atoms with Crippen LogP contribution in [0.15, 0.2) is 48.8 Å². The Balaban J connectivity index is 1.31. The SMILES string of the molecule is [2H]C([2H])([2H])N1C(=O)c2cccc(OC(F)F)c2[C@H]2C[C@@H]1c1nc3ccc(-c4cnc(C5(NS(=O)C(C)(C)C)COC5)nc4)cc3n12. The van der Waals surface area contributed by atoms with Crippen LogP contribution in [0.25, 0.3) is 22.2 Å². The molecular weight excluding hydrogens is 578 g/mol. The van der Waals surface area contributed by atoms with Crippen molar-refractivity contribution in [1.82, 2.24) is 29.1 Å². The van der Waals surface area contributed by atoms with E-state index >= 15 is 0 Å². The Morgan fingerprint density at radius 1 is 1.16 bits per heavy atom. The van der Waals surface area contributed by atoms with Gasteiger partial charge in [-0.1, -0.05) is 12.1 Å². The second kappa shape index (κ2) is 9.86. The Hall–Kier alpha value is -3.81. The molecule has 3 aliphatic heterocycles. The first-order chi connectivity index (χ1) is 21.7. The van der Waals surface area contributed by atoms with Crippen molar-refractivity contribution in [2.75, 3.05) is 20.2 Å². The molecule has 0 aliphatic carbocycles. The highest BCUT2D eigenvalue weighted by atomic mass is 32.2. The molecule has 2 aromatic carbocycles. The van der Waals surface area contributed by atoms with Gasteiger partial charge in [0.2, 0.25) is 0 Å². The zero-order valence-electron chi connectivity index (χ0n) is 26.5. The standard InChI is InChI=1S/C30H30F2N6O4S/c1-29(2,3)43(40)36-30(14-41-15-30)27-33-12-17(13-34-27)16-8-9-19-20(10-16)38-21-11-22(25(38)35-19)37(4)26(39)18-6-5-7-23(24(18)21)42-28(31)32/h5-10,12-13,21-22,28,36H,11,14-15H2,1-4H3/t21-,22-,43?/m1/s1/i4D3. The first kappa shape index (κ1) is 24.6.